The van der Waals surface area contributed by atoms with Gasteiger partial charge in [0, 0.05) is 11.6 Å². The topological polar surface area (TPSA) is 103 Å². The fourth-order valence-corrected chi connectivity index (χ4v) is 4.30. The number of nitrogens with one attached hydrogen (secondary N) is 1. The summed E-state index contributed by atoms with van der Waals surface area (Å²) in [4.78, 5) is 13.8. The number of aryl methyl sites for hydroxylation is 1. The van der Waals surface area contributed by atoms with E-state index in [2.05, 4.69) is 5.32 Å². The summed E-state index contributed by atoms with van der Waals surface area (Å²) in [6.07, 6.45) is 0.536. The lowest BCUT2D eigenvalue weighted by atomic mass is 10.2. The first-order valence-corrected chi connectivity index (χ1v) is 8.76. The molecule has 1 fully saturated rings. The molecule has 1 unspecified atom stereocenters. The average Bonchev–Trinajstić information content (AvgIpc) is 2.90. The number of hydrogen-bond donors (Lipinski definition) is 1. The first-order valence-electron chi connectivity index (χ1n) is 6.94. The molecule has 120 valence electrons. The Balaban J connectivity index is 1.99. The summed E-state index contributed by atoms with van der Waals surface area (Å²) in [5.41, 5.74) is 1.02. The van der Waals surface area contributed by atoms with E-state index in [1.54, 1.807) is 25.8 Å². The van der Waals surface area contributed by atoms with Gasteiger partial charge in [-0.25, -0.2) is 8.42 Å². The lowest BCUT2D eigenvalue weighted by Gasteiger charge is -2.21. The second-order valence-electron chi connectivity index (χ2n) is 5.62. The SMILES string of the molecule is Cc1oc(NC(=O)CN(C)C2CCS(=O)(=O)C2)c(C#N)c1C. The number of hydrogen-bond acceptors (Lipinski definition) is 6. The fourth-order valence-electron chi connectivity index (χ4n) is 2.49. The van der Waals surface area contributed by atoms with Crippen molar-refractivity contribution in [2.75, 3.05) is 30.4 Å². The van der Waals surface area contributed by atoms with Crippen molar-refractivity contribution in [3.8, 4) is 6.07 Å². The molecule has 0 spiro atoms. The van der Waals surface area contributed by atoms with E-state index in [-0.39, 0.29) is 35.9 Å². The summed E-state index contributed by atoms with van der Waals surface area (Å²) in [6.45, 7) is 3.52. The Bertz CT molecular complexity index is 730. The normalized spacial score (nSPS) is 20.0. The van der Waals surface area contributed by atoms with Crippen LogP contribution in [0.2, 0.25) is 0 Å². The van der Waals surface area contributed by atoms with Crippen molar-refractivity contribution >= 4 is 21.6 Å². The van der Waals surface area contributed by atoms with Crippen molar-refractivity contribution in [1.82, 2.24) is 4.90 Å². The molecule has 0 saturated carbocycles. The van der Waals surface area contributed by atoms with E-state index in [4.69, 9.17) is 9.68 Å². The molecule has 1 N–H and O–H groups in total. The molecule has 1 aromatic heterocycles. The molecule has 1 aliphatic rings. The zero-order valence-electron chi connectivity index (χ0n) is 12.8. The van der Waals surface area contributed by atoms with E-state index in [0.717, 1.165) is 0 Å². The van der Waals surface area contributed by atoms with Gasteiger partial charge in [-0.05, 0) is 27.3 Å². The van der Waals surface area contributed by atoms with Crippen LogP contribution in [0.1, 0.15) is 23.3 Å². The Morgan fingerprint density at radius 3 is 2.73 bits per heavy atom. The molecule has 22 heavy (non-hydrogen) atoms. The van der Waals surface area contributed by atoms with Crippen LogP contribution in [0.5, 0.6) is 0 Å². The largest absolute Gasteiger partial charge is 0.444 e. The molecule has 0 bridgehead atoms. The molecule has 0 aromatic carbocycles. The highest BCUT2D eigenvalue weighted by atomic mass is 32.2. The summed E-state index contributed by atoms with van der Waals surface area (Å²) in [5, 5.41) is 11.7. The number of rotatable bonds is 4. The predicted octanol–water partition coefficient (Wildman–Crippen LogP) is 0.826. The highest BCUT2D eigenvalue weighted by Crippen LogP contribution is 2.25. The molecule has 0 radical (unpaired) electrons. The quantitative estimate of drug-likeness (QED) is 0.879. The van der Waals surface area contributed by atoms with Crippen molar-refractivity contribution < 1.29 is 17.6 Å². The molecule has 0 aliphatic carbocycles. The summed E-state index contributed by atoms with van der Waals surface area (Å²) in [5.74, 6) is 0.645. The van der Waals surface area contributed by atoms with Gasteiger partial charge < -0.3 is 4.42 Å². The Hall–Kier alpha value is -1.85. The number of carbonyl (C=O) groups excluding carboxylic acids is 1. The smallest absolute Gasteiger partial charge is 0.240 e. The minimum Gasteiger partial charge on any atom is -0.444 e. The van der Waals surface area contributed by atoms with Crippen LogP contribution in [0.25, 0.3) is 0 Å². The Morgan fingerprint density at radius 2 is 2.18 bits per heavy atom. The Kier molecular flexibility index (Phi) is 4.58. The lowest BCUT2D eigenvalue weighted by molar-refractivity contribution is -0.117. The second kappa shape index (κ2) is 6.10. The zero-order chi connectivity index (χ0) is 16.5. The van der Waals surface area contributed by atoms with Crippen LogP contribution in [0.15, 0.2) is 4.42 Å². The molecule has 1 amide bonds. The van der Waals surface area contributed by atoms with Crippen LogP contribution in [-0.4, -0.2) is 50.4 Å². The third-order valence-electron chi connectivity index (χ3n) is 3.97. The molecule has 8 heteroatoms. The van der Waals surface area contributed by atoms with Crippen LogP contribution in [0, 0.1) is 25.2 Å². The Morgan fingerprint density at radius 1 is 1.50 bits per heavy atom. The van der Waals surface area contributed by atoms with Crippen LogP contribution < -0.4 is 5.32 Å². The van der Waals surface area contributed by atoms with Gasteiger partial charge in [-0.1, -0.05) is 0 Å². The summed E-state index contributed by atoms with van der Waals surface area (Å²) in [7, 11) is -1.27. The minimum absolute atomic E-state index is 0.0455. The van der Waals surface area contributed by atoms with E-state index in [9.17, 15) is 13.2 Å². The lowest BCUT2D eigenvalue weighted by Crippen LogP contribution is -2.38. The van der Waals surface area contributed by atoms with E-state index < -0.39 is 9.84 Å². The number of nitriles is 1. The number of furan rings is 1. The molecular weight excluding hydrogens is 306 g/mol. The van der Waals surface area contributed by atoms with Crippen molar-refractivity contribution in [2.45, 2.75) is 26.3 Å². The van der Waals surface area contributed by atoms with E-state index in [0.29, 0.717) is 23.3 Å². The third-order valence-corrected chi connectivity index (χ3v) is 5.73. The van der Waals surface area contributed by atoms with Crippen molar-refractivity contribution in [3.63, 3.8) is 0 Å². The van der Waals surface area contributed by atoms with Crippen molar-refractivity contribution in [2.24, 2.45) is 0 Å². The zero-order valence-corrected chi connectivity index (χ0v) is 13.7. The van der Waals surface area contributed by atoms with Crippen molar-refractivity contribution in [1.29, 1.82) is 5.26 Å². The maximum Gasteiger partial charge on any atom is 0.240 e. The fraction of sp³-hybridized carbons (Fsp3) is 0.571. The highest BCUT2D eigenvalue weighted by molar-refractivity contribution is 7.91. The average molecular weight is 325 g/mol. The minimum atomic E-state index is -2.98. The third kappa shape index (κ3) is 3.48. The number of anilines is 1. The van der Waals surface area contributed by atoms with E-state index in [1.165, 1.54) is 0 Å². The summed E-state index contributed by atoms with van der Waals surface area (Å²) in [6, 6.07) is 1.86. The Labute approximate surface area is 129 Å². The molecule has 1 saturated heterocycles. The number of nitrogens with zero attached hydrogens (tertiary/aromatic N) is 2. The number of amides is 1. The van der Waals surface area contributed by atoms with Crippen LogP contribution in [0.4, 0.5) is 5.88 Å². The maximum atomic E-state index is 12.1. The number of likely N-dealkylation sites (N-methyl/N-ethyl adjacent to an activating group) is 1. The first kappa shape index (κ1) is 16.5. The van der Waals surface area contributed by atoms with Gasteiger partial charge >= 0.3 is 0 Å². The molecule has 2 heterocycles. The van der Waals surface area contributed by atoms with Crippen LogP contribution >= 0.6 is 0 Å². The molecule has 1 aliphatic heterocycles. The molecule has 7 nitrogen and oxygen atoms in total. The molecule has 1 aromatic rings. The van der Waals surface area contributed by atoms with E-state index >= 15 is 0 Å². The summed E-state index contributed by atoms with van der Waals surface area (Å²) < 4.78 is 28.3. The molecule has 1 atom stereocenters. The van der Waals surface area contributed by atoms with Crippen molar-refractivity contribution in [3.05, 3.63) is 16.9 Å². The molecular formula is C14H19N3O4S. The van der Waals surface area contributed by atoms with Gasteiger partial charge in [0.15, 0.2) is 9.84 Å². The second-order valence-corrected chi connectivity index (χ2v) is 7.85. The standard InChI is InChI=1S/C14H19N3O4S/c1-9-10(2)21-14(12(9)6-15)16-13(18)7-17(3)11-4-5-22(19,20)8-11/h11H,4-5,7-8H2,1-3H3,(H,16,18). The van der Waals surface area contributed by atoms with E-state index in [1.807, 2.05) is 6.07 Å². The first-order chi connectivity index (χ1) is 10.2. The maximum absolute atomic E-state index is 12.1. The van der Waals surface area contributed by atoms with Gasteiger partial charge in [0.2, 0.25) is 11.8 Å². The molecule has 2 rings (SSSR count). The number of sulfone groups is 1. The predicted molar refractivity (Wildman–Crippen MR) is 81.2 cm³/mol. The highest BCUT2D eigenvalue weighted by Gasteiger charge is 2.31. The van der Waals surface area contributed by atoms with Gasteiger partial charge in [0.25, 0.3) is 0 Å². The monoisotopic (exact) mass is 325 g/mol. The van der Waals surface area contributed by atoms with Crippen LogP contribution in [-0.2, 0) is 14.6 Å². The van der Waals surface area contributed by atoms with Gasteiger partial charge in [0.05, 0.1) is 18.1 Å². The van der Waals surface area contributed by atoms with Gasteiger partial charge in [0.1, 0.15) is 17.4 Å². The van der Waals surface area contributed by atoms with Gasteiger partial charge in [-0.2, -0.15) is 5.26 Å². The van der Waals surface area contributed by atoms with Gasteiger partial charge in [-0.15, -0.1) is 0 Å². The van der Waals surface area contributed by atoms with Gasteiger partial charge in [-0.3, -0.25) is 15.0 Å². The number of carbonyl (C=O) groups is 1. The van der Waals surface area contributed by atoms with Crippen LogP contribution in [0.3, 0.4) is 0 Å². The summed E-state index contributed by atoms with van der Waals surface area (Å²) >= 11 is 0.